The molecule has 1 aliphatic rings. The average Bonchev–Trinajstić information content (AvgIpc) is 3.42. The highest BCUT2D eigenvalue weighted by atomic mass is 32.1. The monoisotopic (exact) mass is 460 g/mol. The molecule has 3 N–H and O–H groups in total. The lowest BCUT2D eigenvalue weighted by Gasteiger charge is -2.30. The molecular weight excluding hydrogens is 436 g/mol. The Morgan fingerprint density at radius 2 is 1.97 bits per heavy atom. The number of aliphatic hydroxyl groups is 1. The van der Waals surface area contributed by atoms with Crippen molar-refractivity contribution < 1.29 is 24.6 Å². The first-order chi connectivity index (χ1) is 14.8. The number of thiophene rings is 2. The first-order valence-electron chi connectivity index (χ1n) is 9.81. The maximum atomic E-state index is 13.3. The molecule has 0 bridgehead atoms. The number of carbonyl (C=O) groups is 3. The summed E-state index contributed by atoms with van der Waals surface area (Å²) >= 11 is 2.82. The van der Waals surface area contributed by atoms with E-state index < -0.39 is 24.0 Å². The maximum Gasteiger partial charge on any atom is 0.326 e. The highest BCUT2D eigenvalue weighted by Gasteiger charge is 2.33. The molecule has 2 aromatic rings. The Hall–Kier alpha value is -2.91. The van der Waals surface area contributed by atoms with Crippen LogP contribution in [0.4, 0.5) is 5.00 Å². The summed E-state index contributed by atoms with van der Waals surface area (Å²) in [5, 5.41) is 26.2. The van der Waals surface area contributed by atoms with E-state index in [0.717, 1.165) is 4.88 Å². The van der Waals surface area contributed by atoms with E-state index in [1.807, 2.05) is 22.9 Å². The van der Waals surface area contributed by atoms with Crippen LogP contribution in [0.25, 0.3) is 0 Å². The van der Waals surface area contributed by atoms with Gasteiger partial charge in [0, 0.05) is 18.2 Å². The van der Waals surface area contributed by atoms with E-state index in [1.165, 1.54) is 40.6 Å². The molecule has 2 heterocycles. The summed E-state index contributed by atoms with van der Waals surface area (Å²) in [4.78, 5) is 40.0. The molecule has 9 heteroatoms. The summed E-state index contributed by atoms with van der Waals surface area (Å²) in [6.07, 6.45) is 5.87. The number of hydrogen-bond donors (Lipinski definition) is 3. The van der Waals surface area contributed by atoms with Crippen molar-refractivity contribution in [2.45, 2.75) is 38.3 Å². The largest absolute Gasteiger partial charge is 0.508 e. The third-order valence-corrected chi connectivity index (χ3v) is 6.76. The zero-order valence-electron chi connectivity index (χ0n) is 16.9. The van der Waals surface area contributed by atoms with Gasteiger partial charge in [0.1, 0.15) is 17.8 Å². The minimum Gasteiger partial charge on any atom is -0.508 e. The van der Waals surface area contributed by atoms with Gasteiger partial charge in [-0.05, 0) is 59.9 Å². The molecule has 0 fully saturated rings. The van der Waals surface area contributed by atoms with Gasteiger partial charge in [-0.3, -0.25) is 14.5 Å². The van der Waals surface area contributed by atoms with Gasteiger partial charge in [0.2, 0.25) is 11.8 Å². The van der Waals surface area contributed by atoms with Gasteiger partial charge in [0.15, 0.2) is 0 Å². The fourth-order valence-corrected chi connectivity index (χ4v) is 5.04. The van der Waals surface area contributed by atoms with E-state index in [9.17, 15) is 24.6 Å². The van der Waals surface area contributed by atoms with Crippen LogP contribution in [0.2, 0.25) is 0 Å². The van der Waals surface area contributed by atoms with E-state index in [1.54, 1.807) is 24.3 Å². The quantitative estimate of drug-likeness (QED) is 0.528. The number of anilines is 1. The van der Waals surface area contributed by atoms with Crippen molar-refractivity contribution in [2.75, 3.05) is 4.90 Å². The highest BCUT2D eigenvalue weighted by Crippen LogP contribution is 2.27. The summed E-state index contributed by atoms with van der Waals surface area (Å²) in [7, 11) is 0. The molecule has 1 unspecified atom stereocenters. The first-order valence-corrected chi connectivity index (χ1v) is 11.6. The Morgan fingerprint density at radius 1 is 1.23 bits per heavy atom. The van der Waals surface area contributed by atoms with Crippen LogP contribution in [-0.2, 0) is 20.8 Å². The second-order valence-corrected chi connectivity index (χ2v) is 9.22. The number of nitrogens with zero attached hydrogens (tertiary/aromatic N) is 1. The minimum atomic E-state index is -1.14. The molecule has 2 aromatic heterocycles. The normalized spacial score (nSPS) is 17.5. The lowest BCUT2D eigenvalue weighted by Crippen LogP contribution is -2.54. The SMILES string of the molecule is CC(=O)N(c1cccs1)[C@@H](Cc1cccs1)C(=O)N[C@@H](CC1C=CC(O)=CC1)C(=O)O. The second kappa shape index (κ2) is 10.4. The lowest BCUT2D eigenvalue weighted by atomic mass is 9.92. The van der Waals surface area contributed by atoms with Crippen LogP contribution in [0.15, 0.2) is 59.0 Å². The summed E-state index contributed by atoms with van der Waals surface area (Å²) in [6.45, 7) is 1.40. The Balaban J connectivity index is 1.81. The van der Waals surface area contributed by atoms with Crippen LogP contribution in [0.5, 0.6) is 0 Å². The van der Waals surface area contributed by atoms with Crippen molar-refractivity contribution in [3.05, 3.63) is 63.9 Å². The summed E-state index contributed by atoms with van der Waals surface area (Å²) in [5.41, 5.74) is 0. The molecule has 3 rings (SSSR count). The summed E-state index contributed by atoms with van der Waals surface area (Å²) < 4.78 is 0. The lowest BCUT2D eigenvalue weighted by molar-refractivity contribution is -0.142. The Bertz CT molecular complexity index is 966. The van der Waals surface area contributed by atoms with E-state index in [-0.39, 0.29) is 30.4 Å². The number of aliphatic carboxylic acids is 1. The molecule has 31 heavy (non-hydrogen) atoms. The number of hydrogen-bond acceptors (Lipinski definition) is 6. The van der Waals surface area contributed by atoms with Gasteiger partial charge < -0.3 is 15.5 Å². The standard InChI is InChI=1S/C22H24N2O5S2/c1-14(25)24(20-5-3-11-31-20)19(13-17-4-2-10-30-17)21(27)23-18(22(28)29)12-15-6-8-16(26)9-7-15/h2-6,8-11,15,18-19,26H,7,12-13H2,1H3,(H,23,27)(H,28,29)/t15?,18-,19-/m0/s1. The summed E-state index contributed by atoms with van der Waals surface area (Å²) in [5.74, 6) is -1.91. The van der Waals surface area contributed by atoms with Crippen LogP contribution in [-0.4, -0.2) is 40.1 Å². The van der Waals surface area contributed by atoms with Crippen LogP contribution < -0.4 is 10.2 Å². The van der Waals surface area contributed by atoms with Gasteiger partial charge in [-0.2, -0.15) is 0 Å². The number of rotatable bonds is 9. The van der Waals surface area contributed by atoms with Crippen molar-refractivity contribution in [1.82, 2.24) is 5.32 Å². The van der Waals surface area contributed by atoms with Gasteiger partial charge in [-0.25, -0.2) is 4.79 Å². The molecule has 0 aliphatic heterocycles. The Morgan fingerprint density at radius 3 is 2.52 bits per heavy atom. The number of carbonyl (C=O) groups excluding carboxylic acids is 2. The molecule has 7 nitrogen and oxygen atoms in total. The van der Waals surface area contributed by atoms with Crippen molar-refractivity contribution >= 4 is 45.5 Å². The molecule has 0 radical (unpaired) electrons. The van der Waals surface area contributed by atoms with E-state index >= 15 is 0 Å². The molecule has 0 saturated heterocycles. The van der Waals surface area contributed by atoms with E-state index in [2.05, 4.69) is 5.32 Å². The smallest absolute Gasteiger partial charge is 0.326 e. The number of amides is 2. The van der Waals surface area contributed by atoms with Crippen molar-refractivity contribution in [3.63, 3.8) is 0 Å². The van der Waals surface area contributed by atoms with Gasteiger partial charge in [-0.15, -0.1) is 22.7 Å². The zero-order chi connectivity index (χ0) is 22.4. The Kier molecular flexibility index (Phi) is 7.64. The van der Waals surface area contributed by atoms with Crippen LogP contribution >= 0.6 is 22.7 Å². The maximum absolute atomic E-state index is 13.3. The molecule has 0 saturated carbocycles. The predicted octanol–water partition coefficient (Wildman–Crippen LogP) is 3.75. The van der Waals surface area contributed by atoms with Crippen molar-refractivity contribution in [1.29, 1.82) is 0 Å². The number of allylic oxidation sites excluding steroid dienone is 3. The van der Waals surface area contributed by atoms with Gasteiger partial charge in [0.05, 0.1) is 5.00 Å². The number of nitrogens with one attached hydrogen (secondary N) is 1. The topological polar surface area (TPSA) is 107 Å². The second-order valence-electron chi connectivity index (χ2n) is 7.26. The van der Waals surface area contributed by atoms with Crippen molar-refractivity contribution in [2.24, 2.45) is 5.92 Å². The van der Waals surface area contributed by atoms with Gasteiger partial charge >= 0.3 is 5.97 Å². The summed E-state index contributed by atoms with van der Waals surface area (Å²) in [6, 6.07) is 5.34. The van der Waals surface area contributed by atoms with E-state index in [0.29, 0.717) is 11.4 Å². The van der Waals surface area contributed by atoms with Crippen LogP contribution in [0.3, 0.4) is 0 Å². The van der Waals surface area contributed by atoms with Crippen LogP contribution in [0.1, 0.15) is 24.6 Å². The third kappa shape index (κ3) is 6.05. The van der Waals surface area contributed by atoms with Crippen LogP contribution in [0, 0.1) is 5.92 Å². The van der Waals surface area contributed by atoms with Crippen molar-refractivity contribution in [3.8, 4) is 0 Å². The fourth-order valence-electron chi connectivity index (χ4n) is 3.48. The number of aliphatic hydroxyl groups excluding tert-OH is 1. The molecular formula is C22H24N2O5S2. The third-order valence-electron chi connectivity index (χ3n) is 4.99. The fraction of sp³-hybridized carbons (Fsp3) is 0.318. The predicted molar refractivity (Wildman–Crippen MR) is 121 cm³/mol. The van der Waals surface area contributed by atoms with Gasteiger partial charge in [-0.1, -0.05) is 12.1 Å². The van der Waals surface area contributed by atoms with Gasteiger partial charge in [0.25, 0.3) is 0 Å². The first kappa shape index (κ1) is 22.8. The average molecular weight is 461 g/mol. The molecule has 0 aromatic carbocycles. The molecule has 3 atom stereocenters. The molecule has 164 valence electrons. The number of carboxylic acids is 1. The number of carboxylic acid groups (broad SMARTS) is 1. The zero-order valence-corrected chi connectivity index (χ0v) is 18.6. The Labute approximate surface area is 188 Å². The minimum absolute atomic E-state index is 0.116. The van der Waals surface area contributed by atoms with E-state index in [4.69, 9.17) is 0 Å². The highest BCUT2D eigenvalue weighted by molar-refractivity contribution is 7.14. The molecule has 1 aliphatic carbocycles. The molecule has 0 spiro atoms. The molecule has 2 amide bonds.